The number of carbonyl (C=O) groups is 2. The molecule has 0 aliphatic carbocycles. The first-order valence-electron chi connectivity index (χ1n) is 9.91. The Morgan fingerprint density at radius 2 is 1.53 bits per heavy atom. The number of hydrogen-bond acceptors (Lipinski definition) is 5. The summed E-state index contributed by atoms with van der Waals surface area (Å²) in [7, 11) is 0. The number of nitro benzene ring substituents is 1. The van der Waals surface area contributed by atoms with Gasteiger partial charge in [0.2, 0.25) is 0 Å². The SMILES string of the molecule is O=C(/C=C/c1ccc(N2CCCCCC2)cc1)NNC(=O)c1ccc([N+](=O)[O-])cc1. The minimum Gasteiger partial charge on any atom is -0.372 e. The molecule has 2 aromatic carbocycles. The van der Waals surface area contributed by atoms with Gasteiger partial charge in [-0.05, 0) is 48.7 Å². The van der Waals surface area contributed by atoms with Gasteiger partial charge in [-0.3, -0.25) is 30.6 Å². The van der Waals surface area contributed by atoms with E-state index in [1.54, 1.807) is 6.08 Å². The third-order valence-corrected chi connectivity index (χ3v) is 4.93. The number of nitro groups is 1. The van der Waals surface area contributed by atoms with Gasteiger partial charge in [0.1, 0.15) is 0 Å². The highest BCUT2D eigenvalue weighted by molar-refractivity contribution is 5.98. The molecule has 8 nitrogen and oxygen atoms in total. The Balaban J connectivity index is 1.49. The molecule has 8 heteroatoms. The molecule has 30 heavy (non-hydrogen) atoms. The lowest BCUT2D eigenvalue weighted by atomic mass is 10.1. The predicted molar refractivity (Wildman–Crippen MR) is 115 cm³/mol. The fraction of sp³-hybridized carbons (Fsp3) is 0.273. The molecule has 1 aliphatic rings. The first kappa shape index (κ1) is 21.0. The van der Waals surface area contributed by atoms with Crippen LogP contribution in [0.4, 0.5) is 11.4 Å². The Labute approximate surface area is 174 Å². The zero-order valence-corrected chi connectivity index (χ0v) is 16.5. The summed E-state index contributed by atoms with van der Waals surface area (Å²) in [6.45, 7) is 2.15. The van der Waals surface area contributed by atoms with Crippen LogP contribution < -0.4 is 15.8 Å². The molecule has 1 saturated heterocycles. The van der Waals surface area contributed by atoms with Crippen LogP contribution >= 0.6 is 0 Å². The maximum absolute atomic E-state index is 12.0. The van der Waals surface area contributed by atoms with Crippen molar-refractivity contribution in [1.29, 1.82) is 0 Å². The van der Waals surface area contributed by atoms with Crippen molar-refractivity contribution in [1.82, 2.24) is 10.9 Å². The van der Waals surface area contributed by atoms with E-state index < -0.39 is 16.7 Å². The number of anilines is 1. The second kappa shape index (κ2) is 10.2. The summed E-state index contributed by atoms with van der Waals surface area (Å²) in [4.78, 5) is 36.4. The second-order valence-corrected chi connectivity index (χ2v) is 7.07. The highest BCUT2D eigenvalue weighted by Crippen LogP contribution is 2.20. The van der Waals surface area contributed by atoms with Crippen LogP contribution in [0, 0.1) is 10.1 Å². The average Bonchev–Trinajstić information content (AvgIpc) is 3.06. The first-order valence-corrected chi connectivity index (χ1v) is 9.91. The molecule has 1 aliphatic heterocycles. The van der Waals surface area contributed by atoms with Crippen molar-refractivity contribution in [3.63, 3.8) is 0 Å². The highest BCUT2D eigenvalue weighted by Gasteiger charge is 2.10. The van der Waals surface area contributed by atoms with Gasteiger partial charge in [0.05, 0.1) is 4.92 Å². The molecular weight excluding hydrogens is 384 g/mol. The molecule has 0 unspecified atom stereocenters. The highest BCUT2D eigenvalue weighted by atomic mass is 16.6. The summed E-state index contributed by atoms with van der Waals surface area (Å²) >= 11 is 0. The van der Waals surface area contributed by atoms with E-state index in [9.17, 15) is 19.7 Å². The molecule has 0 bridgehead atoms. The second-order valence-electron chi connectivity index (χ2n) is 7.07. The maximum Gasteiger partial charge on any atom is 0.269 e. The Hall–Kier alpha value is -3.68. The van der Waals surface area contributed by atoms with E-state index in [0.717, 1.165) is 18.7 Å². The van der Waals surface area contributed by atoms with E-state index in [-0.39, 0.29) is 11.3 Å². The summed E-state index contributed by atoms with van der Waals surface area (Å²) in [5.41, 5.74) is 6.73. The summed E-state index contributed by atoms with van der Waals surface area (Å²) in [6, 6.07) is 13.1. The first-order chi connectivity index (χ1) is 14.5. The van der Waals surface area contributed by atoms with Crippen LogP contribution in [0.15, 0.2) is 54.6 Å². The molecule has 2 N–H and O–H groups in total. The molecule has 0 spiro atoms. The van der Waals surface area contributed by atoms with Crippen LogP contribution in [0.2, 0.25) is 0 Å². The third kappa shape index (κ3) is 5.91. The summed E-state index contributed by atoms with van der Waals surface area (Å²) < 4.78 is 0. The van der Waals surface area contributed by atoms with E-state index >= 15 is 0 Å². The smallest absolute Gasteiger partial charge is 0.269 e. The molecule has 2 aromatic rings. The van der Waals surface area contributed by atoms with E-state index in [4.69, 9.17) is 0 Å². The fourth-order valence-electron chi connectivity index (χ4n) is 3.26. The van der Waals surface area contributed by atoms with Gasteiger partial charge in [0, 0.05) is 42.5 Å². The van der Waals surface area contributed by atoms with Gasteiger partial charge in [-0.2, -0.15) is 0 Å². The van der Waals surface area contributed by atoms with Crippen molar-refractivity contribution in [2.24, 2.45) is 0 Å². The Morgan fingerprint density at radius 1 is 0.900 bits per heavy atom. The third-order valence-electron chi connectivity index (χ3n) is 4.93. The van der Waals surface area contributed by atoms with Gasteiger partial charge < -0.3 is 4.90 Å². The number of rotatable bonds is 5. The average molecular weight is 408 g/mol. The number of amides is 2. The van der Waals surface area contributed by atoms with Gasteiger partial charge >= 0.3 is 0 Å². The van der Waals surface area contributed by atoms with E-state index in [2.05, 4.69) is 27.9 Å². The number of carbonyl (C=O) groups excluding carboxylic acids is 2. The quantitative estimate of drug-likeness (QED) is 0.448. The zero-order valence-electron chi connectivity index (χ0n) is 16.5. The predicted octanol–water partition coefficient (Wildman–Crippen LogP) is 3.45. The van der Waals surface area contributed by atoms with Crippen LogP contribution in [0.1, 0.15) is 41.6 Å². The van der Waals surface area contributed by atoms with Crippen LogP contribution in [0.3, 0.4) is 0 Å². The van der Waals surface area contributed by atoms with Gasteiger partial charge in [-0.1, -0.05) is 25.0 Å². The molecule has 0 radical (unpaired) electrons. The minimum atomic E-state index is -0.562. The summed E-state index contributed by atoms with van der Waals surface area (Å²) in [5, 5.41) is 10.6. The molecular formula is C22H24N4O4. The molecule has 156 valence electrons. The Kier molecular flexibility index (Phi) is 7.15. The van der Waals surface area contributed by atoms with Crippen LogP contribution in [0.25, 0.3) is 6.08 Å². The minimum absolute atomic E-state index is 0.111. The summed E-state index contributed by atoms with van der Waals surface area (Å²) in [6.07, 6.45) is 8.00. The van der Waals surface area contributed by atoms with Gasteiger partial charge in [0.15, 0.2) is 0 Å². The normalized spacial score (nSPS) is 14.2. The number of hydrogen-bond donors (Lipinski definition) is 2. The molecule has 1 heterocycles. The van der Waals surface area contributed by atoms with E-state index in [1.165, 1.54) is 61.7 Å². The zero-order chi connectivity index (χ0) is 21.3. The molecule has 0 atom stereocenters. The number of nitrogens with one attached hydrogen (secondary N) is 2. The number of nitrogens with zero attached hydrogens (tertiary/aromatic N) is 2. The van der Waals surface area contributed by atoms with Gasteiger partial charge in [0.25, 0.3) is 17.5 Å². The van der Waals surface area contributed by atoms with E-state index in [0.29, 0.717) is 0 Å². The number of non-ortho nitro benzene ring substituents is 1. The lowest BCUT2D eigenvalue weighted by Gasteiger charge is -2.22. The van der Waals surface area contributed by atoms with Crippen molar-refractivity contribution in [2.45, 2.75) is 25.7 Å². The monoisotopic (exact) mass is 408 g/mol. The van der Waals surface area contributed by atoms with Crippen molar-refractivity contribution in [3.8, 4) is 0 Å². The fourth-order valence-corrected chi connectivity index (χ4v) is 3.26. The summed E-state index contributed by atoms with van der Waals surface area (Å²) in [5.74, 6) is -1.05. The van der Waals surface area contributed by atoms with Crippen molar-refractivity contribution >= 4 is 29.3 Å². The molecule has 0 saturated carbocycles. The van der Waals surface area contributed by atoms with Crippen molar-refractivity contribution in [2.75, 3.05) is 18.0 Å². The maximum atomic E-state index is 12.0. The molecule has 1 fully saturated rings. The molecule has 3 rings (SSSR count). The largest absolute Gasteiger partial charge is 0.372 e. The van der Waals surface area contributed by atoms with Crippen LogP contribution in [-0.4, -0.2) is 29.8 Å². The molecule has 0 aromatic heterocycles. The van der Waals surface area contributed by atoms with E-state index in [1.807, 2.05) is 12.1 Å². The standard InChI is InChI=1S/C22H24N4O4/c27-21(23-24-22(28)18-8-12-20(13-9-18)26(29)30)14-7-17-5-10-19(11-6-17)25-15-3-1-2-4-16-25/h5-14H,1-4,15-16H2,(H,23,27)(H,24,28)/b14-7+. The Morgan fingerprint density at radius 3 is 2.13 bits per heavy atom. The molecule has 2 amide bonds. The number of benzene rings is 2. The van der Waals surface area contributed by atoms with Crippen molar-refractivity contribution < 1.29 is 14.5 Å². The lowest BCUT2D eigenvalue weighted by Crippen LogP contribution is -2.40. The van der Waals surface area contributed by atoms with Crippen LogP contribution in [-0.2, 0) is 4.79 Å². The topological polar surface area (TPSA) is 105 Å². The van der Waals surface area contributed by atoms with Crippen molar-refractivity contribution in [3.05, 3.63) is 75.8 Å². The van der Waals surface area contributed by atoms with Crippen LogP contribution in [0.5, 0.6) is 0 Å². The lowest BCUT2D eigenvalue weighted by molar-refractivity contribution is -0.384. The van der Waals surface area contributed by atoms with Gasteiger partial charge in [-0.15, -0.1) is 0 Å². The number of hydrazine groups is 1. The Bertz CT molecular complexity index is 915. The van der Waals surface area contributed by atoms with Gasteiger partial charge in [-0.25, -0.2) is 0 Å².